The second-order valence-electron chi connectivity index (χ2n) is 6.75. The number of nitrogens with two attached hydrogens (primary N) is 1. The van der Waals surface area contributed by atoms with Crippen LogP contribution in [0.2, 0.25) is 0 Å². The molecule has 1 saturated heterocycles. The van der Waals surface area contributed by atoms with E-state index in [2.05, 4.69) is 26.9 Å². The molecule has 0 atom stereocenters. The molecule has 0 saturated carbocycles. The third-order valence-corrected chi connectivity index (χ3v) is 5.92. The zero-order valence-electron chi connectivity index (χ0n) is 15.1. The Hall–Kier alpha value is -2.44. The Morgan fingerprint density at radius 3 is 2.37 bits per heavy atom. The van der Waals surface area contributed by atoms with E-state index in [-0.39, 0.29) is 5.82 Å². The van der Waals surface area contributed by atoms with Crippen molar-refractivity contribution in [1.82, 2.24) is 9.88 Å². The molecule has 4 nitrogen and oxygen atoms in total. The van der Waals surface area contributed by atoms with Crippen molar-refractivity contribution in [3.8, 4) is 11.3 Å². The number of anilines is 2. The Kier molecular flexibility index (Phi) is 5.36. The molecule has 0 spiro atoms. The molecule has 0 aliphatic carbocycles. The summed E-state index contributed by atoms with van der Waals surface area (Å²) in [6.07, 6.45) is 0.954. The first-order valence-electron chi connectivity index (χ1n) is 9.22. The van der Waals surface area contributed by atoms with Gasteiger partial charge in [-0.15, -0.1) is 11.3 Å². The predicted molar refractivity (Wildman–Crippen MR) is 111 cm³/mol. The number of piperazine rings is 1. The molecule has 0 bridgehead atoms. The molecule has 1 aliphatic rings. The van der Waals surface area contributed by atoms with Crippen molar-refractivity contribution >= 4 is 22.2 Å². The summed E-state index contributed by atoms with van der Waals surface area (Å²) >= 11 is 1.59. The maximum absolute atomic E-state index is 13.1. The number of nitrogen functional groups attached to an aromatic ring is 1. The van der Waals surface area contributed by atoms with Crippen molar-refractivity contribution in [3.05, 3.63) is 65.3 Å². The van der Waals surface area contributed by atoms with E-state index in [0.29, 0.717) is 5.13 Å². The van der Waals surface area contributed by atoms with Crippen LogP contribution >= 0.6 is 11.3 Å². The van der Waals surface area contributed by atoms with Crippen molar-refractivity contribution in [2.24, 2.45) is 0 Å². The standard InChI is InChI=1S/C21H23FN4S/c22-17-6-8-18(9-7-17)26-14-12-25(13-15-26)11-10-19-20(24-21(23)27-19)16-4-2-1-3-5-16/h1-9H,10-15H2,(H2,23,24). The van der Waals surface area contributed by atoms with Crippen LogP contribution in [-0.2, 0) is 6.42 Å². The van der Waals surface area contributed by atoms with E-state index in [1.165, 1.54) is 17.0 Å². The van der Waals surface area contributed by atoms with Gasteiger partial charge in [-0.05, 0) is 30.7 Å². The molecule has 6 heteroatoms. The van der Waals surface area contributed by atoms with E-state index in [9.17, 15) is 4.39 Å². The van der Waals surface area contributed by atoms with Crippen LogP contribution in [0.3, 0.4) is 0 Å². The van der Waals surface area contributed by atoms with Crippen molar-refractivity contribution in [2.75, 3.05) is 43.4 Å². The minimum atomic E-state index is -0.185. The van der Waals surface area contributed by atoms with Crippen LogP contribution in [0.4, 0.5) is 15.2 Å². The molecule has 27 heavy (non-hydrogen) atoms. The SMILES string of the molecule is Nc1nc(-c2ccccc2)c(CCN2CCN(c3ccc(F)cc3)CC2)s1. The minimum Gasteiger partial charge on any atom is -0.375 e. The van der Waals surface area contributed by atoms with Gasteiger partial charge in [-0.3, -0.25) is 4.90 Å². The predicted octanol–water partition coefficient (Wildman–Crippen LogP) is 3.90. The lowest BCUT2D eigenvalue weighted by molar-refractivity contribution is 0.261. The zero-order chi connectivity index (χ0) is 18.6. The number of benzene rings is 2. The molecule has 1 aromatic heterocycles. The molecule has 2 heterocycles. The molecule has 0 radical (unpaired) electrons. The van der Waals surface area contributed by atoms with Crippen molar-refractivity contribution < 1.29 is 4.39 Å². The van der Waals surface area contributed by atoms with Gasteiger partial charge in [0, 0.05) is 48.9 Å². The van der Waals surface area contributed by atoms with Crippen LogP contribution in [0.15, 0.2) is 54.6 Å². The van der Waals surface area contributed by atoms with Gasteiger partial charge in [-0.1, -0.05) is 30.3 Å². The highest BCUT2D eigenvalue weighted by Gasteiger charge is 2.18. The second kappa shape index (κ2) is 8.06. The smallest absolute Gasteiger partial charge is 0.180 e. The quantitative estimate of drug-likeness (QED) is 0.727. The van der Waals surface area contributed by atoms with Gasteiger partial charge in [0.2, 0.25) is 0 Å². The molecular formula is C21H23FN4S. The molecule has 4 rings (SSSR count). The number of hydrogen-bond acceptors (Lipinski definition) is 5. The topological polar surface area (TPSA) is 45.4 Å². The number of hydrogen-bond donors (Lipinski definition) is 1. The Balaban J connectivity index is 1.35. The highest BCUT2D eigenvalue weighted by atomic mass is 32.1. The van der Waals surface area contributed by atoms with Gasteiger partial charge in [-0.2, -0.15) is 0 Å². The monoisotopic (exact) mass is 382 g/mol. The van der Waals surface area contributed by atoms with E-state index < -0.39 is 0 Å². The molecule has 0 amide bonds. The van der Waals surface area contributed by atoms with Gasteiger partial charge in [0.1, 0.15) is 5.82 Å². The van der Waals surface area contributed by atoms with Gasteiger partial charge in [-0.25, -0.2) is 9.37 Å². The maximum Gasteiger partial charge on any atom is 0.180 e. The fourth-order valence-electron chi connectivity index (χ4n) is 3.50. The van der Waals surface area contributed by atoms with Gasteiger partial charge in [0.25, 0.3) is 0 Å². The van der Waals surface area contributed by atoms with Crippen molar-refractivity contribution in [1.29, 1.82) is 0 Å². The zero-order valence-corrected chi connectivity index (χ0v) is 16.0. The third-order valence-electron chi connectivity index (χ3n) is 4.98. The van der Waals surface area contributed by atoms with E-state index in [1.807, 2.05) is 30.3 Å². The fourth-order valence-corrected chi connectivity index (χ4v) is 4.35. The Morgan fingerprint density at radius 1 is 0.963 bits per heavy atom. The van der Waals surface area contributed by atoms with E-state index in [0.717, 1.165) is 56.1 Å². The molecule has 2 N–H and O–H groups in total. The second-order valence-corrected chi connectivity index (χ2v) is 7.86. The molecule has 2 aromatic carbocycles. The highest BCUT2D eigenvalue weighted by Crippen LogP contribution is 2.30. The number of thiazole rings is 1. The molecule has 140 valence electrons. The molecular weight excluding hydrogens is 359 g/mol. The van der Waals surface area contributed by atoms with E-state index >= 15 is 0 Å². The average molecular weight is 383 g/mol. The number of halogens is 1. The first-order valence-corrected chi connectivity index (χ1v) is 10.0. The first kappa shape index (κ1) is 17.9. The summed E-state index contributed by atoms with van der Waals surface area (Å²) in [6.45, 7) is 4.93. The summed E-state index contributed by atoms with van der Waals surface area (Å²) in [5.74, 6) is -0.185. The van der Waals surface area contributed by atoms with Crippen LogP contribution in [0.25, 0.3) is 11.3 Å². The molecule has 1 fully saturated rings. The summed E-state index contributed by atoms with van der Waals surface area (Å²) < 4.78 is 13.1. The summed E-state index contributed by atoms with van der Waals surface area (Å²) in [6, 6.07) is 17.0. The van der Waals surface area contributed by atoms with E-state index in [4.69, 9.17) is 5.73 Å². The van der Waals surface area contributed by atoms with Gasteiger partial charge < -0.3 is 10.6 Å². The maximum atomic E-state index is 13.1. The van der Waals surface area contributed by atoms with E-state index in [1.54, 1.807) is 11.3 Å². The van der Waals surface area contributed by atoms with Crippen molar-refractivity contribution in [3.63, 3.8) is 0 Å². The number of aromatic nitrogens is 1. The van der Waals surface area contributed by atoms with Crippen LogP contribution < -0.4 is 10.6 Å². The molecule has 3 aromatic rings. The molecule has 1 aliphatic heterocycles. The lowest BCUT2D eigenvalue weighted by Crippen LogP contribution is -2.46. The third kappa shape index (κ3) is 4.28. The summed E-state index contributed by atoms with van der Waals surface area (Å²) in [5, 5.41) is 0.630. The largest absolute Gasteiger partial charge is 0.375 e. The fraction of sp³-hybridized carbons (Fsp3) is 0.286. The summed E-state index contributed by atoms with van der Waals surface area (Å²) in [7, 11) is 0. The lowest BCUT2D eigenvalue weighted by Gasteiger charge is -2.36. The van der Waals surface area contributed by atoms with Crippen LogP contribution in [0, 0.1) is 5.82 Å². The Bertz CT molecular complexity index is 871. The Labute approximate surface area is 163 Å². The van der Waals surface area contributed by atoms with Crippen LogP contribution in [-0.4, -0.2) is 42.6 Å². The summed E-state index contributed by atoms with van der Waals surface area (Å²) in [4.78, 5) is 10.6. The van der Waals surface area contributed by atoms with Gasteiger partial charge in [0.15, 0.2) is 5.13 Å². The van der Waals surface area contributed by atoms with Gasteiger partial charge in [0.05, 0.1) is 5.69 Å². The minimum absolute atomic E-state index is 0.185. The average Bonchev–Trinajstić information content (AvgIpc) is 3.09. The highest BCUT2D eigenvalue weighted by molar-refractivity contribution is 7.15. The van der Waals surface area contributed by atoms with Gasteiger partial charge >= 0.3 is 0 Å². The van der Waals surface area contributed by atoms with Crippen molar-refractivity contribution in [2.45, 2.75) is 6.42 Å². The number of rotatable bonds is 5. The molecule has 0 unspecified atom stereocenters. The lowest BCUT2D eigenvalue weighted by atomic mass is 10.1. The number of nitrogens with zero attached hydrogens (tertiary/aromatic N) is 3. The normalized spacial score (nSPS) is 15.2. The first-order chi connectivity index (χ1) is 13.2. The van der Waals surface area contributed by atoms with Crippen LogP contribution in [0.1, 0.15) is 4.88 Å². The van der Waals surface area contributed by atoms with Crippen LogP contribution in [0.5, 0.6) is 0 Å². The summed E-state index contributed by atoms with van der Waals surface area (Å²) in [5.41, 5.74) is 9.22. The Morgan fingerprint density at radius 2 is 1.67 bits per heavy atom.